The van der Waals surface area contributed by atoms with Gasteiger partial charge in [-0.15, -0.1) is 0 Å². The first-order chi connectivity index (χ1) is 14.0. The number of carbonyl (C=O) groups excluding carboxylic acids is 1. The summed E-state index contributed by atoms with van der Waals surface area (Å²) in [6.07, 6.45) is 0. The summed E-state index contributed by atoms with van der Waals surface area (Å²) in [5.74, 6) is -0.327. The first kappa shape index (κ1) is 23.1. The number of aliphatic hydroxyl groups excluding tert-OH is 1. The van der Waals surface area contributed by atoms with Crippen molar-refractivity contribution >= 4 is 23.3 Å². The van der Waals surface area contributed by atoms with Gasteiger partial charge in [-0.3, -0.25) is 0 Å². The summed E-state index contributed by atoms with van der Waals surface area (Å²) in [6.45, 7) is 5.71. The summed E-state index contributed by atoms with van der Waals surface area (Å²) < 4.78 is 16.0. The van der Waals surface area contributed by atoms with Crippen LogP contribution in [0.3, 0.4) is 0 Å². The van der Waals surface area contributed by atoms with Gasteiger partial charge in [-0.25, -0.2) is 4.79 Å². The molecule has 0 saturated heterocycles. The minimum absolute atomic E-state index is 0.0191. The Hall–Kier alpha value is -2.20. The van der Waals surface area contributed by atoms with Crippen LogP contribution in [0.2, 0.25) is 0 Å². The van der Waals surface area contributed by atoms with Crippen molar-refractivity contribution in [2.24, 2.45) is 0 Å². The van der Waals surface area contributed by atoms with E-state index in [2.05, 4.69) is 5.32 Å². The molecule has 2 rings (SSSR count). The number of nitrogens with one attached hydrogen (secondary N) is 1. The molecule has 0 saturated carbocycles. The average Bonchev–Trinajstić information content (AvgIpc) is 2.69. The lowest BCUT2D eigenvalue weighted by Crippen LogP contribution is -2.48. The van der Waals surface area contributed by atoms with Crippen LogP contribution in [0.4, 0.5) is 0 Å². The van der Waals surface area contributed by atoms with E-state index in [1.165, 1.54) is 0 Å². The fourth-order valence-corrected chi connectivity index (χ4v) is 3.37. The van der Waals surface area contributed by atoms with Gasteiger partial charge in [-0.1, -0.05) is 12.1 Å². The van der Waals surface area contributed by atoms with E-state index in [4.69, 9.17) is 31.5 Å². The number of hydrogen-bond acceptors (Lipinski definition) is 7. The van der Waals surface area contributed by atoms with Crippen molar-refractivity contribution in [3.05, 3.63) is 41.1 Å². The number of benzene rings is 1. The molecule has 0 spiro atoms. The molecule has 160 valence electrons. The number of rotatable bonds is 11. The van der Waals surface area contributed by atoms with E-state index < -0.39 is 12.0 Å². The Morgan fingerprint density at radius 3 is 2.62 bits per heavy atom. The van der Waals surface area contributed by atoms with E-state index in [1.807, 2.05) is 13.0 Å². The van der Waals surface area contributed by atoms with Gasteiger partial charge in [0.1, 0.15) is 5.75 Å². The predicted octanol–water partition coefficient (Wildman–Crippen LogP) is 1.49. The van der Waals surface area contributed by atoms with Gasteiger partial charge in [0.05, 0.1) is 51.3 Å². The number of hydrogen-bond donors (Lipinski definition) is 3. The fourth-order valence-electron chi connectivity index (χ4n) is 3.02. The third kappa shape index (κ3) is 6.40. The van der Waals surface area contributed by atoms with Gasteiger partial charge < -0.3 is 34.6 Å². The van der Waals surface area contributed by atoms with Gasteiger partial charge in [-0.2, -0.15) is 0 Å². The molecule has 0 aliphatic carbocycles. The molecule has 8 nitrogen and oxygen atoms in total. The SMILES string of the molecule is CCOC(=O)C1=C(C)N(CCOCCOCCO)C(=S)NC1c1cccc(O)c1. The van der Waals surface area contributed by atoms with E-state index in [1.54, 1.807) is 30.0 Å². The number of nitrogens with zero attached hydrogens (tertiary/aromatic N) is 1. The minimum Gasteiger partial charge on any atom is -0.508 e. The topological polar surface area (TPSA) is 100 Å². The van der Waals surface area contributed by atoms with Crippen LogP contribution in [0.15, 0.2) is 35.5 Å². The van der Waals surface area contributed by atoms with Crippen LogP contribution in [0.5, 0.6) is 5.75 Å². The van der Waals surface area contributed by atoms with Crippen molar-refractivity contribution in [2.75, 3.05) is 46.2 Å². The number of aromatic hydroxyl groups is 1. The molecule has 0 aromatic heterocycles. The fraction of sp³-hybridized carbons (Fsp3) is 0.500. The molecule has 1 aliphatic rings. The quantitative estimate of drug-likeness (QED) is 0.277. The van der Waals surface area contributed by atoms with E-state index in [0.29, 0.717) is 48.3 Å². The molecule has 3 N–H and O–H groups in total. The summed E-state index contributed by atoms with van der Waals surface area (Å²) in [6, 6.07) is 6.18. The number of allylic oxidation sites excluding steroid dienone is 1. The van der Waals surface area contributed by atoms with Crippen molar-refractivity contribution in [1.82, 2.24) is 10.2 Å². The Labute approximate surface area is 176 Å². The molecular formula is C20H28N2O6S. The molecule has 0 amide bonds. The Morgan fingerprint density at radius 1 is 1.24 bits per heavy atom. The molecular weight excluding hydrogens is 396 g/mol. The van der Waals surface area contributed by atoms with Gasteiger partial charge in [0.25, 0.3) is 0 Å². The first-order valence-corrected chi connectivity index (χ1v) is 9.91. The van der Waals surface area contributed by atoms with Crippen LogP contribution in [0.1, 0.15) is 25.5 Å². The molecule has 1 unspecified atom stereocenters. The third-order valence-corrected chi connectivity index (χ3v) is 4.70. The zero-order chi connectivity index (χ0) is 21.2. The molecule has 1 heterocycles. The second-order valence-corrected chi connectivity index (χ2v) is 6.68. The number of thiocarbonyl (C=S) groups is 1. The molecule has 1 aliphatic heterocycles. The van der Waals surface area contributed by atoms with E-state index in [0.717, 1.165) is 0 Å². The summed E-state index contributed by atoms with van der Waals surface area (Å²) in [4.78, 5) is 14.5. The van der Waals surface area contributed by atoms with Crippen molar-refractivity contribution in [2.45, 2.75) is 19.9 Å². The molecule has 0 radical (unpaired) electrons. The molecule has 9 heteroatoms. The van der Waals surface area contributed by atoms with Crippen LogP contribution in [-0.4, -0.2) is 72.4 Å². The summed E-state index contributed by atoms with van der Waals surface area (Å²) in [7, 11) is 0. The van der Waals surface area contributed by atoms with Gasteiger partial charge in [0.15, 0.2) is 5.11 Å². The lowest BCUT2D eigenvalue weighted by molar-refractivity contribution is -0.139. The predicted molar refractivity (Wildman–Crippen MR) is 111 cm³/mol. The maximum atomic E-state index is 12.7. The van der Waals surface area contributed by atoms with Crippen LogP contribution >= 0.6 is 12.2 Å². The highest BCUT2D eigenvalue weighted by molar-refractivity contribution is 7.80. The second-order valence-electron chi connectivity index (χ2n) is 6.30. The molecule has 1 aromatic rings. The second kappa shape index (κ2) is 11.7. The van der Waals surface area contributed by atoms with Crippen molar-refractivity contribution < 1.29 is 29.2 Å². The Balaban J connectivity index is 2.15. The Bertz CT molecular complexity index is 739. The molecule has 0 bridgehead atoms. The van der Waals surface area contributed by atoms with Gasteiger partial charge in [0, 0.05) is 12.2 Å². The molecule has 1 aromatic carbocycles. The average molecular weight is 425 g/mol. The summed E-state index contributed by atoms with van der Waals surface area (Å²) in [5, 5.41) is 22.1. The zero-order valence-corrected chi connectivity index (χ0v) is 17.5. The normalized spacial score (nSPS) is 16.7. The lowest BCUT2D eigenvalue weighted by atomic mass is 9.95. The number of aliphatic hydroxyl groups is 1. The van der Waals surface area contributed by atoms with Crippen LogP contribution < -0.4 is 5.32 Å². The van der Waals surface area contributed by atoms with Crippen molar-refractivity contribution in [3.8, 4) is 5.75 Å². The minimum atomic E-state index is -0.516. The maximum Gasteiger partial charge on any atom is 0.338 e. The van der Waals surface area contributed by atoms with Gasteiger partial charge >= 0.3 is 5.97 Å². The Kier molecular flexibility index (Phi) is 9.33. The number of esters is 1. The Morgan fingerprint density at radius 2 is 1.97 bits per heavy atom. The third-order valence-electron chi connectivity index (χ3n) is 4.36. The lowest BCUT2D eigenvalue weighted by Gasteiger charge is -2.37. The number of phenols is 1. The molecule has 1 atom stereocenters. The molecule has 29 heavy (non-hydrogen) atoms. The van der Waals surface area contributed by atoms with Crippen LogP contribution in [-0.2, 0) is 19.0 Å². The van der Waals surface area contributed by atoms with Gasteiger partial charge in [0.2, 0.25) is 0 Å². The van der Waals surface area contributed by atoms with E-state index in [9.17, 15) is 9.90 Å². The number of ether oxygens (including phenoxy) is 3. The smallest absolute Gasteiger partial charge is 0.338 e. The summed E-state index contributed by atoms with van der Waals surface area (Å²) in [5.41, 5.74) is 1.84. The highest BCUT2D eigenvalue weighted by atomic mass is 32.1. The highest BCUT2D eigenvalue weighted by Gasteiger charge is 2.34. The van der Waals surface area contributed by atoms with E-state index in [-0.39, 0.29) is 25.6 Å². The largest absolute Gasteiger partial charge is 0.508 e. The number of phenolic OH excluding ortho intramolecular Hbond substituents is 1. The van der Waals surface area contributed by atoms with E-state index >= 15 is 0 Å². The first-order valence-electron chi connectivity index (χ1n) is 9.50. The van der Waals surface area contributed by atoms with Gasteiger partial charge in [-0.05, 0) is 43.8 Å². The molecule has 0 fully saturated rings. The summed E-state index contributed by atoms with van der Waals surface area (Å²) >= 11 is 5.51. The van der Waals surface area contributed by atoms with Crippen LogP contribution in [0.25, 0.3) is 0 Å². The monoisotopic (exact) mass is 424 g/mol. The van der Waals surface area contributed by atoms with Crippen molar-refractivity contribution in [3.63, 3.8) is 0 Å². The standard InChI is InChI=1S/C20H28N2O6S/c1-3-28-19(25)17-14(2)22(7-9-26-11-12-27-10-8-23)20(29)21-18(17)15-5-4-6-16(24)13-15/h4-6,13,18,23-24H,3,7-12H2,1-2H3,(H,21,29). The maximum absolute atomic E-state index is 12.7. The van der Waals surface area contributed by atoms with Crippen LogP contribution in [0, 0.1) is 0 Å². The van der Waals surface area contributed by atoms with Crippen molar-refractivity contribution in [1.29, 1.82) is 0 Å². The highest BCUT2D eigenvalue weighted by Crippen LogP contribution is 2.32. The zero-order valence-electron chi connectivity index (χ0n) is 16.7. The number of carbonyl (C=O) groups is 1.